The van der Waals surface area contributed by atoms with Crippen molar-refractivity contribution in [2.24, 2.45) is 5.92 Å². The van der Waals surface area contributed by atoms with Crippen LogP contribution in [0.15, 0.2) is 18.2 Å². The molecular formula is C16H21Cl2NO2. The second-order valence-corrected chi connectivity index (χ2v) is 6.56. The smallest absolute Gasteiger partial charge is 0.261 e. The molecule has 3 nitrogen and oxygen atoms in total. The normalized spacial score (nSPS) is 23.4. The van der Waals surface area contributed by atoms with Gasteiger partial charge in [0, 0.05) is 11.1 Å². The standard InChI is InChI=1S/C16H21Cl2NO2/c1-10-5-3-4-6-14(10)19-16(20)11(2)21-15-8-7-12(17)9-13(15)18/h7-11,14H,3-6H2,1-2H3,(H,19,20). The molecule has 0 heterocycles. The van der Waals surface area contributed by atoms with Crippen molar-refractivity contribution >= 4 is 29.1 Å². The van der Waals surface area contributed by atoms with Gasteiger partial charge in [-0.2, -0.15) is 0 Å². The van der Waals surface area contributed by atoms with Gasteiger partial charge in [-0.15, -0.1) is 0 Å². The first-order valence-electron chi connectivity index (χ1n) is 7.39. The molecule has 1 aromatic rings. The van der Waals surface area contributed by atoms with Gasteiger partial charge in [0.05, 0.1) is 5.02 Å². The highest BCUT2D eigenvalue weighted by Crippen LogP contribution is 2.28. The van der Waals surface area contributed by atoms with E-state index in [9.17, 15) is 4.79 Å². The van der Waals surface area contributed by atoms with Crippen LogP contribution in [0.2, 0.25) is 10.0 Å². The van der Waals surface area contributed by atoms with Crippen molar-refractivity contribution in [1.82, 2.24) is 5.32 Å². The fraction of sp³-hybridized carbons (Fsp3) is 0.562. The summed E-state index contributed by atoms with van der Waals surface area (Å²) in [6.07, 6.45) is 4.05. The lowest BCUT2D eigenvalue weighted by atomic mass is 9.86. The molecule has 2 rings (SSSR count). The predicted molar refractivity (Wildman–Crippen MR) is 86.1 cm³/mol. The number of benzene rings is 1. The predicted octanol–water partition coefficient (Wildman–Crippen LogP) is 4.46. The summed E-state index contributed by atoms with van der Waals surface area (Å²) >= 11 is 11.9. The van der Waals surface area contributed by atoms with Gasteiger partial charge in [0.25, 0.3) is 5.91 Å². The zero-order valence-electron chi connectivity index (χ0n) is 12.4. The highest BCUT2D eigenvalue weighted by molar-refractivity contribution is 6.35. The molecule has 0 saturated heterocycles. The van der Waals surface area contributed by atoms with Crippen molar-refractivity contribution in [3.8, 4) is 5.75 Å². The van der Waals surface area contributed by atoms with Gasteiger partial charge in [0.1, 0.15) is 5.75 Å². The number of carbonyl (C=O) groups excluding carboxylic acids is 1. The maximum atomic E-state index is 12.2. The maximum absolute atomic E-state index is 12.2. The molecule has 3 unspecified atom stereocenters. The summed E-state index contributed by atoms with van der Waals surface area (Å²) in [4.78, 5) is 12.2. The summed E-state index contributed by atoms with van der Waals surface area (Å²) in [5, 5.41) is 4.04. The molecule has 0 aliphatic heterocycles. The Bertz CT molecular complexity index is 507. The largest absolute Gasteiger partial charge is 0.479 e. The highest BCUT2D eigenvalue weighted by Gasteiger charge is 2.25. The summed E-state index contributed by atoms with van der Waals surface area (Å²) < 4.78 is 5.64. The lowest BCUT2D eigenvalue weighted by Gasteiger charge is -2.30. The summed E-state index contributed by atoms with van der Waals surface area (Å²) in [6, 6.07) is 5.22. The van der Waals surface area contributed by atoms with E-state index in [4.69, 9.17) is 27.9 Å². The average Bonchev–Trinajstić information content (AvgIpc) is 2.44. The second kappa shape index (κ2) is 7.37. The van der Waals surface area contributed by atoms with Crippen LogP contribution in [0.1, 0.15) is 39.5 Å². The Kier molecular flexibility index (Phi) is 5.77. The Labute approximate surface area is 136 Å². The maximum Gasteiger partial charge on any atom is 0.261 e. The minimum atomic E-state index is -0.585. The molecule has 1 fully saturated rings. The minimum Gasteiger partial charge on any atom is -0.479 e. The Morgan fingerprint density at radius 2 is 2.05 bits per heavy atom. The molecule has 0 radical (unpaired) electrons. The van der Waals surface area contributed by atoms with Gasteiger partial charge in [-0.05, 0) is 43.9 Å². The number of nitrogens with one attached hydrogen (secondary N) is 1. The van der Waals surface area contributed by atoms with E-state index >= 15 is 0 Å². The topological polar surface area (TPSA) is 38.3 Å². The number of hydrogen-bond acceptors (Lipinski definition) is 2. The van der Waals surface area contributed by atoms with Gasteiger partial charge >= 0.3 is 0 Å². The Morgan fingerprint density at radius 3 is 2.71 bits per heavy atom. The van der Waals surface area contributed by atoms with Crippen molar-refractivity contribution < 1.29 is 9.53 Å². The number of rotatable bonds is 4. The number of hydrogen-bond donors (Lipinski definition) is 1. The molecule has 5 heteroatoms. The van der Waals surface area contributed by atoms with Crippen LogP contribution in [0.5, 0.6) is 5.75 Å². The molecule has 0 bridgehead atoms. The quantitative estimate of drug-likeness (QED) is 0.885. The first-order valence-corrected chi connectivity index (χ1v) is 8.15. The molecule has 1 amide bonds. The van der Waals surface area contributed by atoms with E-state index in [0.29, 0.717) is 21.7 Å². The van der Waals surface area contributed by atoms with Gasteiger partial charge in [0.2, 0.25) is 0 Å². The molecule has 21 heavy (non-hydrogen) atoms. The highest BCUT2D eigenvalue weighted by atomic mass is 35.5. The van der Waals surface area contributed by atoms with Crippen molar-refractivity contribution in [2.75, 3.05) is 0 Å². The third kappa shape index (κ3) is 4.52. The van der Waals surface area contributed by atoms with Crippen LogP contribution < -0.4 is 10.1 Å². The Morgan fingerprint density at radius 1 is 1.33 bits per heavy atom. The molecule has 1 aliphatic carbocycles. The molecule has 1 aliphatic rings. The third-order valence-corrected chi connectivity index (χ3v) is 4.54. The van der Waals surface area contributed by atoms with Crippen LogP contribution in [0, 0.1) is 5.92 Å². The molecular weight excluding hydrogens is 309 g/mol. The lowest BCUT2D eigenvalue weighted by Crippen LogP contribution is -2.46. The van der Waals surface area contributed by atoms with E-state index in [1.807, 2.05) is 0 Å². The number of ether oxygens (including phenoxy) is 1. The van der Waals surface area contributed by atoms with E-state index in [2.05, 4.69) is 12.2 Å². The SMILES string of the molecule is CC(Oc1ccc(Cl)cc1Cl)C(=O)NC1CCCCC1C. The van der Waals surface area contributed by atoms with Gasteiger partial charge in [0.15, 0.2) is 6.10 Å². The second-order valence-electron chi connectivity index (χ2n) is 5.71. The van der Waals surface area contributed by atoms with E-state index in [1.54, 1.807) is 25.1 Å². The van der Waals surface area contributed by atoms with E-state index in [0.717, 1.165) is 6.42 Å². The molecule has 1 aromatic carbocycles. The summed E-state index contributed by atoms with van der Waals surface area (Å²) in [6.45, 7) is 3.92. The lowest BCUT2D eigenvalue weighted by molar-refractivity contribution is -0.128. The molecule has 3 atom stereocenters. The molecule has 1 saturated carbocycles. The van der Waals surface area contributed by atoms with E-state index in [1.165, 1.54) is 19.3 Å². The summed E-state index contributed by atoms with van der Waals surface area (Å²) in [5.41, 5.74) is 0. The zero-order valence-corrected chi connectivity index (χ0v) is 13.9. The first-order chi connectivity index (χ1) is 9.97. The number of halogens is 2. The third-order valence-electron chi connectivity index (χ3n) is 4.01. The fourth-order valence-electron chi connectivity index (χ4n) is 2.65. The minimum absolute atomic E-state index is 0.0974. The molecule has 1 N–H and O–H groups in total. The van der Waals surface area contributed by atoms with Crippen molar-refractivity contribution in [3.63, 3.8) is 0 Å². The molecule has 116 valence electrons. The van der Waals surface area contributed by atoms with E-state index in [-0.39, 0.29) is 11.9 Å². The monoisotopic (exact) mass is 329 g/mol. The van der Waals surface area contributed by atoms with E-state index < -0.39 is 6.10 Å². The molecule has 0 aromatic heterocycles. The summed E-state index contributed by atoms with van der Waals surface area (Å²) in [7, 11) is 0. The van der Waals surface area contributed by atoms with Crippen LogP contribution in [0.25, 0.3) is 0 Å². The van der Waals surface area contributed by atoms with Crippen LogP contribution in [0.4, 0.5) is 0 Å². The van der Waals surface area contributed by atoms with Gasteiger partial charge in [-0.1, -0.05) is 43.0 Å². The van der Waals surface area contributed by atoms with Gasteiger partial charge < -0.3 is 10.1 Å². The van der Waals surface area contributed by atoms with Gasteiger partial charge in [-0.3, -0.25) is 4.79 Å². The van der Waals surface area contributed by atoms with Crippen molar-refractivity contribution in [1.29, 1.82) is 0 Å². The van der Waals surface area contributed by atoms with Crippen LogP contribution in [-0.4, -0.2) is 18.1 Å². The number of amides is 1. The summed E-state index contributed by atoms with van der Waals surface area (Å²) in [5.74, 6) is 0.897. The Balaban J connectivity index is 1.92. The van der Waals surface area contributed by atoms with Gasteiger partial charge in [-0.25, -0.2) is 0 Å². The first kappa shape index (κ1) is 16.4. The average molecular weight is 330 g/mol. The van der Waals surface area contributed by atoms with Crippen molar-refractivity contribution in [2.45, 2.75) is 51.7 Å². The molecule has 0 spiro atoms. The van der Waals surface area contributed by atoms with Crippen LogP contribution >= 0.6 is 23.2 Å². The van der Waals surface area contributed by atoms with Crippen LogP contribution in [-0.2, 0) is 4.79 Å². The Hall–Kier alpha value is -0.930. The van der Waals surface area contributed by atoms with Crippen molar-refractivity contribution in [3.05, 3.63) is 28.2 Å². The fourth-order valence-corrected chi connectivity index (χ4v) is 3.10. The van der Waals surface area contributed by atoms with Crippen LogP contribution in [0.3, 0.4) is 0 Å². The zero-order chi connectivity index (χ0) is 15.4. The number of carbonyl (C=O) groups is 1.